The van der Waals surface area contributed by atoms with Crippen molar-refractivity contribution < 1.29 is 9.53 Å². The average Bonchev–Trinajstić information content (AvgIpc) is 2.54. The summed E-state index contributed by atoms with van der Waals surface area (Å²) in [6, 6.07) is 7.96. The zero-order chi connectivity index (χ0) is 15.6. The number of ether oxygens (including phenoxy) is 1. The number of carbonyl (C=O) groups is 1. The van der Waals surface area contributed by atoms with Crippen molar-refractivity contribution in [1.82, 2.24) is 10.6 Å². The molecule has 1 aliphatic rings. The van der Waals surface area contributed by atoms with Gasteiger partial charge in [-0.2, -0.15) is 0 Å². The lowest BCUT2D eigenvalue weighted by molar-refractivity contribution is -0.121. The van der Waals surface area contributed by atoms with E-state index in [2.05, 4.69) is 10.6 Å². The van der Waals surface area contributed by atoms with Gasteiger partial charge >= 0.3 is 0 Å². The molecule has 2 N–H and O–H groups in total. The quantitative estimate of drug-likeness (QED) is 0.726. The number of piperidine rings is 1. The van der Waals surface area contributed by atoms with E-state index < -0.39 is 0 Å². The number of nitrogens with one attached hydrogen (secondary N) is 2. The molecule has 1 aromatic carbocycles. The van der Waals surface area contributed by atoms with Crippen LogP contribution in [0.15, 0.2) is 24.3 Å². The number of para-hydroxylation sites is 1. The van der Waals surface area contributed by atoms with Gasteiger partial charge in [-0.15, -0.1) is 0 Å². The van der Waals surface area contributed by atoms with Crippen molar-refractivity contribution in [2.24, 2.45) is 5.92 Å². The summed E-state index contributed by atoms with van der Waals surface area (Å²) < 4.78 is 5.70. The van der Waals surface area contributed by atoms with Crippen LogP contribution in [0.2, 0.25) is 0 Å². The van der Waals surface area contributed by atoms with Gasteiger partial charge < -0.3 is 15.4 Å². The Labute approximate surface area is 133 Å². The minimum atomic E-state index is 0.136. The fraction of sp³-hybridized carbons (Fsp3) is 0.611. The van der Waals surface area contributed by atoms with Gasteiger partial charge in [0.2, 0.25) is 5.91 Å². The van der Waals surface area contributed by atoms with Crippen molar-refractivity contribution in [2.75, 3.05) is 26.2 Å². The van der Waals surface area contributed by atoms with E-state index in [1.807, 2.05) is 31.2 Å². The lowest BCUT2D eigenvalue weighted by atomic mass is 9.96. The molecule has 22 heavy (non-hydrogen) atoms. The third-order valence-corrected chi connectivity index (χ3v) is 4.17. The van der Waals surface area contributed by atoms with E-state index in [0.717, 1.165) is 49.7 Å². The lowest BCUT2D eigenvalue weighted by Crippen LogP contribution is -2.33. The summed E-state index contributed by atoms with van der Waals surface area (Å²) in [5, 5.41) is 6.42. The molecule has 1 amide bonds. The highest BCUT2D eigenvalue weighted by Gasteiger charge is 2.12. The lowest BCUT2D eigenvalue weighted by Gasteiger charge is -2.22. The van der Waals surface area contributed by atoms with Crippen LogP contribution in [0.3, 0.4) is 0 Å². The molecular weight excluding hydrogens is 276 g/mol. The third kappa shape index (κ3) is 6.06. The SMILES string of the molecule is Cc1ccccc1OCCCC(=O)NCCC1CCCNC1. The maximum Gasteiger partial charge on any atom is 0.220 e. The second-order valence-electron chi connectivity index (χ2n) is 6.07. The number of carbonyl (C=O) groups excluding carboxylic acids is 1. The molecule has 1 saturated heterocycles. The maximum absolute atomic E-state index is 11.8. The molecule has 122 valence electrons. The third-order valence-electron chi connectivity index (χ3n) is 4.17. The van der Waals surface area contributed by atoms with E-state index in [-0.39, 0.29) is 5.91 Å². The average molecular weight is 304 g/mol. The van der Waals surface area contributed by atoms with Crippen molar-refractivity contribution in [3.63, 3.8) is 0 Å². The van der Waals surface area contributed by atoms with Crippen LogP contribution < -0.4 is 15.4 Å². The van der Waals surface area contributed by atoms with E-state index in [9.17, 15) is 4.79 Å². The van der Waals surface area contributed by atoms with Gasteiger partial charge in [-0.1, -0.05) is 18.2 Å². The van der Waals surface area contributed by atoms with Crippen LogP contribution in [0.1, 0.15) is 37.7 Å². The van der Waals surface area contributed by atoms with Gasteiger partial charge in [-0.3, -0.25) is 4.79 Å². The van der Waals surface area contributed by atoms with Gasteiger partial charge in [0.05, 0.1) is 6.61 Å². The summed E-state index contributed by atoms with van der Waals surface area (Å²) >= 11 is 0. The molecule has 1 heterocycles. The summed E-state index contributed by atoms with van der Waals surface area (Å²) in [5.74, 6) is 1.77. The van der Waals surface area contributed by atoms with Gasteiger partial charge in [-0.25, -0.2) is 0 Å². The summed E-state index contributed by atoms with van der Waals surface area (Å²) in [5.41, 5.74) is 1.13. The van der Waals surface area contributed by atoms with Crippen LogP contribution in [0, 0.1) is 12.8 Å². The summed E-state index contributed by atoms with van der Waals surface area (Å²) in [4.78, 5) is 11.8. The van der Waals surface area contributed by atoms with E-state index in [1.165, 1.54) is 12.8 Å². The second-order valence-corrected chi connectivity index (χ2v) is 6.07. The van der Waals surface area contributed by atoms with E-state index in [0.29, 0.717) is 13.0 Å². The molecule has 4 heteroatoms. The topological polar surface area (TPSA) is 50.4 Å². The van der Waals surface area contributed by atoms with Gasteiger partial charge in [-0.05, 0) is 63.2 Å². The smallest absolute Gasteiger partial charge is 0.220 e. The Kier molecular flexibility index (Phi) is 7.23. The molecule has 0 saturated carbocycles. The normalized spacial score (nSPS) is 18.0. The van der Waals surface area contributed by atoms with Crippen LogP contribution in [0.4, 0.5) is 0 Å². The minimum Gasteiger partial charge on any atom is -0.493 e. The molecule has 0 bridgehead atoms. The minimum absolute atomic E-state index is 0.136. The fourth-order valence-corrected chi connectivity index (χ4v) is 2.81. The standard InChI is InChI=1S/C18H28N2O2/c1-15-6-2-3-8-17(15)22-13-5-9-18(21)20-12-10-16-7-4-11-19-14-16/h2-3,6,8,16,19H,4-5,7,9-14H2,1H3,(H,20,21). The Morgan fingerprint density at radius 1 is 1.41 bits per heavy atom. The molecule has 0 radical (unpaired) electrons. The van der Waals surface area contributed by atoms with Gasteiger partial charge in [0.15, 0.2) is 0 Å². The first kappa shape index (κ1) is 16.8. The number of hydrogen-bond donors (Lipinski definition) is 2. The van der Waals surface area contributed by atoms with Crippen molar-refractivity contribution in [2.45, 2.75) is 39.0 Å². The zero-order valence-corrected chi connectivity index (χ0v) is 13.6. The van der Waals surface area contributed by atoms with Crippen molar-refractivity contribution in [3.8, 4) is 5.75 Å². The molecule has 1 fully saturated rings. The Morgan fingerprint density at radius 2 is 2.27 bits per heavy atom. The van der Waals surface area contributed by atoms with Crippen LogP contribution in [0.5, 0.6) is 5.75 Å². The van der Waals surface area contributed by atoms with Crippen LogP contribution in [-0.4, -0.2) is 32.1 Å². The van der Waals surface area contributed by atoms with Crippen molar-refractivity contribution in [1.29, 1.82) is 0 Å². The predicted molar refractivity (Wildman–Crippen MR) is 89.1 cm³/mol. The molecule has 1 aromatic rings. The number of benzene rings is 1. The first-order chi connectivity index (χ1) is 10.8. The highest BCUT2D eigenvalue weighted by atomic mass is 16.5. The van der Waals surface area contributed by atoms with Crippen molar-refractivity contribution >= 4 is 5.91 Å². The zero-order valence-electron chi connectivity index (χ0n) is 13.6. The van der Waals surface area contributed by atoms with E-state index >= 15 is 0 Å². The number of aryl methyl sites for hydroxylation is 1. The maximum atomic E-state index is 11.8. The van der Waals surface area contributed by atoms with E-state index in [1.54, 1.807) is 0 Å². The van der Waals surface area contributed by atoms with Crippen molar-refractivity contribution in [3.05, 3.63) is 29.8 Å². The molecule has 1 atom stereocenters. The Hall–Kier alpha value is -1.55. The number of amides is 1. The highest BCUT2D eigenvalue weighted by molar-refractivity contribution is 5.75. The largest absolute Gasteiger partial charge is 0.493 e. The van der Waals surface area contributed by atoms with Gasteiger partial charge in [0.25, 0.3) is 0 Å². The second kappa shape index (κ2) is 9.46. The summed E-state index contributed by atoms with van der Waals surface area (Å²) in [6.07, 6.45) is 4.92. The molecule has 2 rings (SSSR count). The molecule has 0 aromatic heterocycles. The molecule has 0 spiro atoms. The number of rotatable bonds is 8. The molecule has 0 aliphatic carbocycles. The first-order valence-corrected chi connectivity index (χ1v) is 8.41. The summed E-state index contributed by atoms with van der Waals surface area (Å²) in [7, 11) is 0. The fourth-order valence-electron chi connectivity index (χ4n) is 2.81. The Morgan fingerprint density at radius 3 is 3.05 bits per heavy atom. The molecule has 4 nitrogen and oxygen atoms in total. The van der Waals surface area contributed by atoms with E-state index in [4.69, 9.17) is 4.74 Å². The van der Waals surface area contributed by atoms with Crippen LogP contribution in [-0.2, 0) is 4.79 Å². The highest BCUT2D eigenvalue weighted by Crippen LogP contribution is 2.16. The van der Waals surface area contributed by atoms with Gasteiger partial charge in [0, 0.05) is 13.0 Å². The van der Waals surface area contributed by atoms with Crippen LogP contribution in [0.25, 0.3) is 0 Å². The molecular formula is C18H28N2O2. The number of hydrogen-bond acceptors (Lipinski definition) is 3. The van der Waals surface area contributed by atoms with Crippen LogP contribution >= 0.6 is 0 Å². The van der Waals surface area contributed by atoms with Gasteiger partial charge in [0.1, 0.15) is 5.75 Å². The monoisotopic (exact) mass is 304 g/mol. The Bertz CT molecular complexity index is 456. The molecule has 1 unspecified atom stereocenters. The Balaban J connectivity index is 1.51. The summed E-state index contributed by atoms with van der Waals surface area (Å²) in [6.45, 7) is 5.65. The molecule has 1 aliphatic heterocycles. The first-order valence-electron chi connectivity index (χ1n) is 8.41. The predicted octanol–water partition coefficient (Wildman–Crippen LogP) is 2.66.